The molecule has 0 radical (unpaired) electrons. The van der Waals surface area contributed by atoms with E-state index in [0.717, 1.165) is 31.5 Å². The van der Waals surface area contributed by atoms with Gasteiger partial charge >= 0.3 is 0 Å². The lowest BCUT2D eigenvalue weighted by Gasteiger charge is -2.18. The van der Waals surface area contributed by atoms with Crippen LogP contribution in [0.25, 0.3) is 0 Å². The lowest BCUT2D eigenvalue weighted by Crippen LogP contribution is -2.28. The van der Waals surface area contributed by atoms with Crippen LogP contribution in [0.5, 0.6) is 0 Å². The van der Waals surface area contributed by atoms with E-state index in [4.69, 9.17) is 6.42 Å². The lowest BCUT2D eigenvalue weighted by molar-refractivity contribution is 0.318. The van der Waals surface area contributed by atoms with Crippen LogP contribution in [0, 0.1) is 18.3 Å². The van der Waals surface area contributed by atoms with Gasteiger partial charge in [0, 0.05) is 21.9 Å². The highest BCUT2D eigenvalue weighted by molar-refractivity contribution is 4.85. The number of hydrogen-bond donors (Lipinski definition) is 1. The summed E-state index contributed by atoms with van der Waals surface area (Å²) in [5.74, 6) is 3.53. The van der Waals surface area contributed by atoms with Gasteiger partial charge < -0.3 is 10.2 Å². The summed E-state index contributed by atoms with van der Waals surface area (Å²) in [5, 5.41) is 3.55. The van der Waals surface area contributed by atoms with Crippen LogP contribution in [0.15, 0.2) is 0 Å². The largest absolute Gasteiger partial charge is 0.314 e. The quantitative estimate of drug-likeness (QED) is 0.728. The molecule has 2 unspecified atom stereocenters. The zero-order chi connectivity index (χ0) is 12.4. The van der Waals surface area contributed by atoms with Crippen LogP contribution in [0.4, 0.5) is 0 Å². The van der Waals surface area contributed by atoms with Crippen LogP contribution in [0.3, 0.4) is 0 Å². The van der Waals surface area contributed by atoms with E-state index in [-0.39, 0.29) is 2.85 Å². The average molecular weight is 228 g/mol. The Hall–Kier alpha value is -0.520. The third-order valence-corrected chi connectivity index (χ3v) is 2.94. The summed E-state index contributed by atoms with van der Waals surface area (Å²) in [6, 6.07) is 0.735. The molecule has 1 fully saturated rings. The second-order valence-corrected chi connectivity index (χ2v) is 4.49. The molecule has 0 aromatic carbocycles. The highest BCUT2D eigenvalue weighted by Crippen LogP contribution is 2.15. The summed E-state index contributed by atoms with van der Waals surface area (Å²) in [5.41, 5.74) is 0. The van der Waals surface area contributed by atoms with Crippen LogP contribution in [-0.2, 0) is 0 Å². The number of hydrogen-bond acceptors (Lipinski definition) is 2. The van der Waals surface area contributed by atoms with Crippen molar-refractivity contribution in [2.45, 2.75) is 46.1 Å². The molecule has 0 bridgehead atoms. The fourth-order valence-corrected chi connectivity index (χ4v) is 1.98. The Morgan fingerprint density at radius 1 is 1.44 bits per heavy atom. The first-order valence-corrected chi connectivity index (χ1v) is 6.57. The number of rotatable bonds is 5. The molecule has 16 heavy (non-hydrogen) atoms. The van der Waals surface area contributed by atoms with Gasteiger partial charge in [-0.2, -0.15) is 0 Å². The predicted octanol–water partition coefficient (Wildman–Crippen LogP) is 2.85. The van der Waals surface area contributed by atoms with Gasteiger partial charge in [-0.1, -0.05) is 20.8 Å². The summed E-state index contributed by atoms with van der Waals surface area (Å²) in [4.78, 5) is 2.32. The minimum absolute atomic E-state index is 0. The lowest BCUT2D eigenvalue weighted by atomic mass is 10.1. The van der Waals surface area contributed by atoms with E-state index in [2.05, 4.69) is 30.1 Å². The van der Waals surface area contributed by atoms with E-state index < -0.39 is 0 Å². The zero-order valence-corrected chi connectivity index (χ0v) is 11.4. The topological polar surface area (TPSA) is 15.3 Å². The van der Waals surface area contributed by atoms with Crippen molar-refractivity contribution in [3.05, 3.63) is 0 Å². The Labute approximate surface area is 105 Å². The van der Waals surface area contributed by atoms with Crippen molar-refractivity contribution in [2.24, 2.45) is 5.92 Å². The van der Waals surface area contributed by atoms with Gasteiger partial charge in [0.25, 0.3) is 0 Å². The molecule has 0 aromatic heterocycles. The van der Waals surface area contributed by atoms with Gasteiger partial charge in [0.05, 0.1) is 0 Å². The monoisotopic (exact) mass is 228 g/mol. The maximum atomic E-state index is 5.22. The van der Waals surface area contributed by atoms with Crippen molar-refractivity contribution in [3.63, 3.8) is 0 Å². The Bertz CT molecular complexity index is 204. The molecule has 1 saturated heterocycles. The second kappa shape index (κ2) is 9.69. The average Bonchev–Trinajstić information content (AvgIpc) is 2.72. The standard InChI is InChI=1S/C12H22N2.C2H6.2H2/c1-4-5-7-14(3)8-6-12-9-11(2)10-13-12;1-2;;/h1,11-13H,5-10H2,2-3H3;1-2H3;2*1H. The van der Waals surface area contributed by atoms with Crippen LogP contribution >= 0.6 is 0 Å². The smallest absolute Gasteiger partial charge is 0.0214 e. The normalized spacial score (nSPS) is 23.8. The van der Waals surface area contributed by atoms with Crippen LogP contribution in [0.2, 0.25) is 0 Å². The summed E-state index contributed by atoms with van der Waals surface area (Å²) in [6.07, 6.45) is 8.68. The van der Waals surface area contributed by atoms with Crippen molar-refractivity contribution in [3.8, 4) is 12.3 Å². The summed E-state index contributed by atoms with van der Waals surface area (Å²) in [7, 11) is 2.15. The molecule has 1 heterocycles. The van der Waals surface area contributed by atoms with Gasteiger partial charge in [-0.25, -0.2) is 0 Å². The summed E-state index contributed by atoms with van der Waals surface area (Å²) in [6.45, 7) is 9.69. The highest BCUT2D eigenvalue weighted by Gasteiger charge is 2.19. The molecular formula is C14H32N2. The minimum Gasteiger partial charge on any atom is -0.314 e. The Morgan fingerprint density at radius 2 is 2.12 bits per heavy atom. The molecule has 1 aliphatic rings. The Kier molecular flexibility index (Phi) is 9.37. The van der Waals surface area contributed by atoms with Crippen LogP contribution < -0.4 is 5.32 Å². The molecule has 2 nitrogen and oxygen atoms in total. The predicted molar refractivity (Wildman–Crippen MR) is 76.7 cm³/mol. The molecule has 0 amide bonds. The number of nitrogens with zero attached hydrogens (tertiary/aromatic N) is 1. The molecule has 98 valence electrons. The SMILES string of the molecule is C#CCCN(C)CCC1CC(C)CN1.CC.[HH].[HH]. The molecule has 0 aliphatic carbocycles. The van der Waals surface area contributed by atoms with Crippen molar-refractivity contribution in [1.82, 2.24) is 10.2 Å². The first-order chi connectivity index (χ1) is 7.72. The van der Waals surface area contributed by atoms with Crippen LogP contribution in [0.1, 0.15) is 42.9 Å². The Morgan fingerprint density at radius 3 is 2.62 bits per heavy atom. The first-order valence-electron chi connectivity index (χ1n) is 6.57. The van der Waals surface area contributed by atoms with E-state index >= 15 is 0 Å². The molecular weight excluding hydrogens is 196 g/mol. The maximum absolute atomic E-state index is 5.22. The van der Waals surface area contributed by atoms with Gasteiger partial charge in [-0.15, -0.1) is 12.3 Å². The number of terminal acetylenes is 1. The van der Waals surface area contributed by atoms with Gasteiger partial charge in [-0.05, 0) is 38.9 Å². The van der Waals surface area contributed by atoms with E-state index in [9.17, 15) is 0 Å². The molecule has 1 N–H and O–H groups in total. The molecule has 0 spiro atoms. The van der Waals surface area contributed by atoms with Crippen molar-refractivity contribution in [2.75, 3.05) is 26.7 Å². The third kappa shape index (κ3) is 6.87. The molecule has 1 rings (SSSR count). The van der Waals surface area contributed by atoms with E-state index in [0.29, 0.717) is 0 Å². The summed E-state index contributed by atoms with van der Waals surface area (Å²) >= 11 is 0. The van der Waals surface area contributed by atoms with Crippen molar-refractivity contribution >= 4 is 0 Å². The second-order valence-electron chi connectivity index (χ2n) is 4.49. The third-order valence-electron chi connectivity index (χ3n) is 2.94. The van der Waals surface area contributed by atoms with Gasteiger partial charge in [0.2, 0.25) is 0 Å². The zero-order valence-electron chi connectivity index (χ0n) is 11.4. The fraction of sp³-hybridized carbons (Fsp3) is 0.857. The molecule has 2 heteroatoms. The van der Waals surface area contributed by atoms with Crippen LogP contribution in [-0.4, -0.2) is 37.6 Å². The minimum atomic E-state index is 0. The molecule has 2 atom stereocenters. The van der Waals surface area contributed by atoms with Gasteiger partial charge in [0.15, 0.2) is 0 Å². The highest BCUT2D eigenvalue weighted by atomic mass is 15.1. The molecule has 0 aromatic rings. The molecule has 1 aliphatic heterocycles. The van der Waals surface area contributed by atoms with Gasteiger partial charge in [-0.3, -0.25) is 0 Å². The molecule has 0 saturated carbocycles. The van der Waals surface area contributed by atoms with E-state index in [1.807, 2.05) is 13.8 Å². The van der Waals surface area contributed by atoms with Gasteiger partial charge in [0.1, 0.15) is 0 Å². The maximum Gasteiger partial charge on any atom is 0.0214 e. The first kappa shape index (κ1) is 15.5. The van der Waals surface area contributed by atoms with Crippen molar-refractivity contribution in [1.29, 1.82) is 0 Å². The Balaban J connectivity index is -0.000000534. The fourth-order valence-electron chi connectivity index (χ4n) is 1.98. The number of nitrogens with one attached hydrogen (secondary N) is 1. The summed E-state index contributed by atoms with van der Waals surface area (Å²) < 4.78 is 0. The van der Waals surface area contributed by atoms with Crippen molar-refractivity contribution < 1.29 is 2.85 Å². The van der Waals surface area contributed by atoms with E-state index in [1.165, 1.54) is 19.4 Å². The van der Waals surface area contributed by atoms with E-state index in [1.54, 1.807) is 0 Å².